The molecule has 41 heavy (non-hydrogen) atoms. The van der Waals surface area contributed by atoms with Gasteiger partial charge in [0, 0.05) is 17.9 Å². The zero-order chi connectivity index (χ0) is 28.6. The molecule has 9 heteroatoms. The molecule has 4 bridgehead atoms. The van der Waals surface area contributed by atoms with Gasteiger partial charge in [-0.1, -0.05) is 24.3 Å². The van der Waals surface area contributed by atoms with Crippen LogP contribution in [-0.4, -0.2) is 34.1 Å². The number of hydrogen-bond donors (Lipinski definition) is 1. The van der Waals surface area contributed by atoms with Crippen LogP contribution in [0.2, 0.25) is 0 Å². The Morgan fingerprint density at radius 1 is 0.976 bits per heavy atom. The van der Waals surface area contributed by atoms with E-state index in [1.807, 2.05) is 48.5 Å². The zero-order valence-corrected chi connectivity index (χ0v) is 24.3. The van der Waals surface area contributed by atoms with E-state index in [0.29, 0.717) is 51.2 Å². The molecule has 2 unspecified atom stereocenters. The van der Waals surface area contributed by atoms with Crippen LogP contribution in [0.1, 0.15) is 48.0 Å². The van der Waals surface area contributed by atoms with E-state index in [0.717, 1.165) is 22.6 Å². The van der Waals surface area contributed by atoms with Crippen LogP contribution in [-0.2, 0) is 31.3 Å². The van der Waals surface area contributed by atoms with Crippen LogP contribution in [0.15, 0.2) is 79.1 Å². The molecule has 2 atom stereocenters. The monoisotopic (exact) mass is 589 g/mol. The summed E-state index contributed by atoms with van der Waals surface area (Å²) in [6.07, 6.45) is 3.44. The maximum absolute atomic E-state index is 14.0. The summed E-state index contributed by atoms with van der Waals surface area (Å²) in [7, 11) is -0.927. The lowest BCUT2D eigenvalue weighted by Gasteiger charge is -2.53. The molecular weight excluding hydrogens is 560 g/mol. The lowest BCUT2D eigenvalue weighted by molar-refractivity contribution is -0.167. The minimum absolute atomic E-state index is 0.0418. The fourth-order valence-electron chi connectivity index (χ4n) is 7.65. The zero-order valence-electron chi connectivity index (χ0n) is 22.7. The van der Waals surface area contributed by atoms with Gasteiger partial charge in [-0.2, -0.15) is 0 Å². The number of aromatic carboxylic acids is 1. The van der Waals surface area contributed by atoms with Gasteiger partial charge in [0.05, 0.1) is 38.7 Å². The van der Waals surface area contributed by atoms with Crippen molar-refractivity contribution in [3.63, 3.8) is 0 Å². The number of carboxylic acids is 1. The lowest BCUT2D eigenvalue weighted by atomic mass is 9.49. The van der Waals surface area contributed by atoms with E-state index in [1.54, 1.807) is 6.92 Å². The molecule has 0 amide bonds. The van der Waals surface area contributed by atoms with Crippen LogP contribution >= 0.6 is 0 Å². The summed E-state index contributed by atoms with van der Waals surface area (Å²) in [4.78, 5) is 42.8. The summed E-state index contributed by atoms with van der Waals surface area (Å²) in [5, 5.41) is 10.4. The first-order valence-electron chi connectivity index (χ1n) is 13.8. The molecule has 5 aliphatic rings. The van der Waals surface area contributed by atoms with E-state index in [4.69, 9.17) is 9.47 Å². The predicted octanol–water partition coefficient (Wildman–Crippen LogP) is 5.58. The second-order valence-corrected chi connectivity index (χ2v) is 14.9. The van der Waals surface area contributed by atoms with Crippen molar-refractivity contribution in [1.82, 2.24) is 0 Å². The maximum Gasteiger partial charge on any atom is 0.341 e. The molecule has 4 saturated carbocycles. The van der Waals surface area contributed by atoms with Crippen LogP contribution in [0.25, 0.3) is 0 Å². The average Bonchev–Trinajstić information content (AvgIpc) is 2.97. The third-order valence-corrected chi connectivity index (χ3v) is 13.5. The van der Waals surface area contributed by atoms with E-state index >= 15 is 0 Å². The number of Topliss-reactive ketones (excluding diaryl/α,β-unsaturated/α-hetero) is 1. The molecule has 3 aromatic carbocycles. The number of esters is 1. The van der Waals surface area contributed by atoms with Crippen LogP contribution in [0.3, 0.4) is 0 Å². The summed E-state index contributed by atoms with van der Waals surface area (Å²) < 4.78 is 25.4. The highest BCUT2D eigenvalue weighted by molar-refractivity contribution is 7.99. The first-order chi connectivity index (χ1) is 19.7. The summed E-state index contributed by atoms with van der Waals surface area (Å²) in [6.45, 7) is 1.76. The molecule has 4 fully saturated rings. The van der Waals surface area contributed by atoms with Gasteiger partial charge in [-0.15, -0.1) is 0 Å². The van der Waals surface area contributed by atoms with Gasteiger partial charge in [0.25, 0.3) is 0 Å². The summed E-state index contributed by atoms with van der Waals surface area (Å²) >= 11 is 0. The number of carbonyl (C=O) groups excluding carboxylic acids is 2. The average molecular weight is 590 g/mol. The Morgan fingerprint density at radius 3 is 2.12 bits per heavy atom. The van der Waals surface area contributed by atoms with E-state index in [1.165, 1.54) is 13.2 Å². The van der Waals surface area contributed by atoms with Gasteiger partial charge >= 0.3 is 11.9 Å². The van der Waals surface area contributed by atoms with Crippen molar-refractivity contribution in [1.29, 1.82) is 0 Å². The minimum atomic E-state index is -1.42. The van der Waals surface area contributed by atoms with Gasteiger partial charge in [-0.3, -0.25) is 9.59 Å². The maximum atomic E-state index is 14.0. The Kier molecular flexibility index (Phi) is 6.17. The van der Waals surface area contributed by atoms with Crippen molar-refractivity contribution in [3.8, 4) is 11.5 Å². The van der Waals surface area contributed by atoms with Crippen molar-refractivity contribution >= 4 is 39.4 Å². The minimum Gasteiger partial charge on any atom is -0.493 e. The second kappa shape index (κ2) is 9.56. The Labute approximate surface area is 243 Å². The Morgan fingerprint density at radius 2 is 1.56 bits per heavy atom. The quantitative estimate of drug-likeness (QED) is 0.184. The molecule has 3 aromatic rings. The highest BCUT2D eigenvalue weighted by atomic mass is 32.2. The molecule has 0 saturated heterocycles. The normalized spacial score (nSPS) is 29.0. The van der Waals surface area contributed by atoms with Crippen LogP contribution in [0, 0.1) is 30.1 Å². The first kappa shape index (κ1) is 26.5. The van der Waals surface area contributed by atoms with Gasteiger partial charge < -0.3 is 14.6 Å². The number of ether oxygens (including phenoxy) is 2. The van der Waals surface area contributed by atoms with Gasteiger partial charge in [-0.05, 0) is 69.2 Å². The number of carbonyl (C=O) groups is 3. The number of carboxylic acid groups (broad SMARTS) is 1. The lowest BCUT2D eigenvalue weighted by Crippen LogP contribution is -2.55. The van der Waals surface area contributed by atoms with Crippen molar-refractivity contribution in [2.75, 3.05) is 7.11 Å². The number of hydrogen-bond acceptors (Lipinski definition) is 6. The third-order valence-electron chi connectivity index (χ3n) is 9.24. The fourth-order valence-corrected chi connectivity index (χ4v) is 12.2. The largest absolute Gasteiger partial charge is 0.493 e. The molecule has 7 nitrogen and oxygen atoms in total. The van der Waals surface area contributed by atoms with E-state index in [-0.39, 0.29) is 34.9 Å². The van der Waals surface area contributed by atoms with Crippen LogP contribution < -0.4 is 9.47 Å². The number of rotatable bonds is 5. The highest BCUT2D eigenvalue weighted by Crippen LogP contribution is 2.59. The van der Waals surface area contributed by atoms with Gasteiger partial charge in [0.1, 0.15) is 22.2 Å². The molecule has 0 radical (unpaired) electrons. The molecule has 0 spiro atoms. The molecule has 0 aromatic heterocycles. The number of ketones is 1. The standard InChI is InChI=1S/C32H28O7S2/c1-17-28(39-31(36)32-14-18-11-19(15-32)27(33)20(12-18)16-32)22(38-2)13-21(30(34)35)29(17)40-23-7-3-5-9-25(23)41(37)26-10-6-4-8-24(26)40/h3-10,13,18-20H,11-12,14-16H2,1-2H3/p+1. The molecule has 1 aliphatic heterocycles. The Hall–Kier alpha value is -3.43. The highest BCUT2D eigenvalue weighted by Gasteiger charge is 2.59. The molecule has 1 N–H and O–H groups in total. The van der Waals surface area contributed by atoms with Crippen LogP contribution in [0.5, 0.6) is 11.5 Å². The fraction of sp³-hybridized carbons (Fsp3) is 0.344. The van der Waals surface area contributed by atoms with Gasteiger partial charge in [-0.25, -0.2) is 9.00 Å². The SMILES string of the molecule is COc1cc(C(=O)O)c([S+]2c3ccccc3S(=O)c3ccccc32)c(C)c1OC(=O)C12CC3CC(C1)C(=O)C(C3)C2. The molecule has 210 valence electrons. The molecule has 1 heterocycles. The number of fused-ring (bicyclic) bond motifs is 2. The van der Waals surface area contributed by atoms with Gasteiger partial charge in [0.15, 0.2) is 26.2 Å². The van der Waals surface area contributed by atoms with Crippen molar-refractivity contribution in [2.24, 2.45) is 23.2 Å². The Balaban J connectivity index is 1.38. The van der Waals surface area contributed by atoms with Crippen molar-refractivity contribution < 1.29 is 33.2 Å². The van der Waals surface area contributed by atoms with E-state index < -0.39 is 33.1 Å². The molecule has 4 aliphatic carbocycles. The third kappa shape index (κ3) is 3.92. The molecular formula is C32H29O7S2+. The summed E-state index contributed by atoms with van der Waals surface area (Å²) in [6, 6.07) is 16.2. The number of methoxy groups -OCH3 is 1. The number of benzene rings is 3. The van der Waals surface area contributed by atoms with E-state index in [2.05, 4.69) is 0 Å². The Bertz CT molecular complexity index is 1610. The van der Waals surface area contributed by atoms with Crippen molar-refractivity contribution in [2.45, 2.75) is 63.5 Å². The van der Waals surface area contributed by atoms with E-state index in [9.17, 15) is 23.7 Å². The smallest absolute Gasteiger partial charge is 0.341 e. The van der Waals surface area contributed by atoms with Crippen LogP contribution in [0.4, 0.5) is 0 Å². The topological polar surface area (TPSA) is 107 Å². The summed E-state index contributed by atoms with van der Waals surface area (Å²) in [5.74, 6) is -0.652. The summed E-state index contributed by atoms with van der Waals surface area (Å²) in [5.41, 5.74) is -0.173. The van der Waals surface area contributed by atoms with Gasteiger partial charge in [0.2, 0.25) is 0 Å². The molecule has 8 rings (SSSR count). The predicted molar refractivity (Wildman–Crippen MR) is 151 cm³/mol. The van der Waals surface area contributed by atoms with Crippen molar-refractivity contribution in [3.05, 3.63) is 65.7 Å². The second-order valence-electron chi connectivity index (χ2n) is 11.6. The first-order valence-corrected chi connectivity index (χ1v) is 16.1.